The first-order valence-electron chi connectivity index (χ1n) is 11.3. The van der Waals surface area contributed by atoms with Crippen molar-refractivity contribution in [3.05, 3.63) is 45.4 Å². The number of aromatic nitrogens is 2. The maximum absolute atomic E-state index is 12.5. The lowest BCUT2D eigenvalue weighted by molar-refractivity contribution is 0.142. The summed E-state index contributed by atoms with van der Waals surface area (Å²) < 4.78 is 6.76. The fourth-order valence-corrected chi connectivity index (χ4v) is 5.26. The number of nitrogens with one attached hydrogen (secondary N) is 1. The summed E-state index contributed by atoms with van der Waals surface area (Å²) in [5.41, 5.74) is 10.7. The minimum absolute atomic E-state index is 0. The summed E-state index contributed by atoms with van der Waals surface area (Å²) in [5, 5.41) is 20.6. The van der Waals surface area contributed by atoms with Gasteiger partial charge >= 0.3 is 6.16 Å². The lowest BCUT2D eigenvalue weighted by atomic mass is 9.99. The molecular formula is C24H30Cl2N4O5. The Morgan fingerprint density at radius 3 is 2.71 bits per heavy atom. The van der Waals surface area contributed by atoms with Gasteiger partial charge in [-0.3, -0.25) is 9.69 Å². The molecule has 2 aliphatic rings. The van der Waals surface area contributed by atoms with Gasteiger partial charge in [-0.25, -0.2) is 4.79 Å². The molecule has 11 heteroatoms. The summed E-state index contributed by atoms with van der Waals surface area (Å²) in [6.45, 7) is 2.76. The molecule has 1 aliphatic carbocycles. The van der Waals surface area contributed by atoms with Crippen molar-refractivity contribution in [1.29, 1.82) is 0 Å². The highest BCUT2D eigenvalue weighted by Crippen LogP contribution is 2.40. The highest BCUT2D eigenvalue weighted by Gasteiger charge is 2.26. The van der Waals surface area contributed by atoms with E-state index in [0.717, 1.165) is 67.3 Å². The number of pyridine rings is 1. The van der Waals surface area contributed by atoms with E-state index in [1.807, 2.05) is 6.07 Å². The van der Waals surface area contributed by atoms with Crippen LogP contribution in [0.4, 0.5) is 4.79 Å². The topological polar surface area (TPSA) is 134 Å². The van der Waals surface area contributed by atoms with Crippen molar-refractivity contribution >= 4 is 41.9 Å². The fourth-order valence-electron chi connectivity index (χ4n) is 5.26. The summed E-state index contributed by atoms with van der Waals surface area (Å²) in [6, 6.07) is 6.59. The average molecular weight is 525 g/mol. The van der Waals surface area contributed by atoms with Gasteiger partial charge in [0.25, 0.3) is 5.56 Å². The number of hydrogen-bond donors (Lipinski definition) is 4. The minimum atomic E-state index is -1.64. The molecule has 0 radical (unpaired) electrons. The molecule has 35 heavy (non-hydrogen) atoms. The van der Waals surface area contributed by atoms with Crippen LogP contribution in [0.5, 0.6) is 11.5 Å². The monoisotopic (exact) mass is 524 g/mol. The quantitative estimate of drug-likeness (QED) is 0.385. The third-order valence-corrected chi connectivity index (χ3v) is 6.87. The summed E-state index contributed by atoms with van der Waals surface area (Å²) in [7, 11) is 2.07. The Morgan fingerprint density at radius 1 is 1.23 bits per heavy atom. The van der Waals surface area contributed by atoms with Crippen LogP contribution < -0.4 is 16.0 Å². The second kappa shape index (κ2) is 10.5. The standard InChI is InChI=1S/C24H28N4O5.2ClH/c1-27-16(12-28-7-3-5-15(25)11-28)8-14-9-18-13(10-19(14)27)4-2-6-17-20(18)26-23(30)22(21(17)29)33-24(31)32;;/h8-10,15H,2-7,11-12,25H2,1H3,(H,31,32)(H2,26,29,30);2*1H. The van der Waals surface area contributed by atoms with Crippen LogP contribution in [0.25, 0.3) is 22.2 Å². The molecule has 1 aromatic carbocycles. The van der Waals surface area contributed by atoms with Crippen molar-refractivity contribution in [2.45, 2.75) is 44.7 Å². The van der Waals surface area contributed by atoms with Gasteiger partial charge in [0.05, 0.1) is 5.69 Å². The van der Waals surface area contributed by atoms with Crippen LogP contribution in [0.3, 0.4) is 0 Å². The molecule has 5 N–H and O–H groups in total. The maximum atomic E-state index is 12.5. The summed E-state index contributed by atoms with van der Waals surface area (Å²) in [6.07, 6.45) is 2.57. The van der Waals surface area contributed by atoms with Crippen molar-refractivity contribution in [2.24, 2.45) is 12.8 Å². The van der Waals surface area contributed by atoms with Gasteiger partial charge in [-0.1, -0.05) is 0 Å². The number of nitrogens with two attached hydrogens (primary N) is 1. The summed E-state index contributed by atoms with van der Waals surface area (Å²) in [4.78, 5) is 28.6. The van der Waals surface area contributed by atoms with Crippen LogP contribution in [-0.4, -0.2) is 50.0 Å². The first-order valence-corrected chi connectivity index (χ1v) is 11.3. The highest BCUT2D eigenvalue weighted by atomic mass is 35.5. The number of halogens is 2. The fraction of sp³-hybridized carbons (Fsp3) is 0.417. The lowest BCUT2D eigenvalue weighted by Crippen LogP contribution is -2.42. The Kier molecular flexibility index (Phi) is 8.06. The van der Waals surface area contributed by atoms with Gasteiger partial charge < -0.3 is 30.2 Å². The molecule has 5 rings (SSSR count). The number of hydrogen-bond acceptors (Lipinski definition) is 6. The largest absolute Gasteiger partial charge is 0.511 e. The van der Waals surface area contributed by atoms with E-state index in [0.29, 0.717) is 17.7 Å². The van der Waals surface area contributed by atoms with E-state index in [1.165, 1.54) is 5.69 Å². The number of H-pyrrole nitrogens is 1. The zero-order valence-electron chi connectivity index (χ0n) is 19.4. The van der Waals surface area contributed by atoms with Gasteiger partial charge in [-0.2, -0.15) is 0 Å². The zero-order valence-corrected chi connectivity index (χ0v) is 21.0. The third-order valence-electron chi connectivity index (χ3n) is 6.87. The second-order valence-corrected chi connectivity index (χ2v) is 9.11. The van der Waals surface area contributed by atoms with E-state index in [-0.39, 0.29) is 30.9 Å². The number of carbonyl (C=O) groups is 1. The number of carboxylic acid groups (broad SMARTS) is 1. The number of aryl methyl sites for hydroxylation is 2. The smallest absolute Gasteiger partial charge is 0.504 e. The van der Waals surface area contributed by atoms with Crippen LogP contribution in [0, 0.1) is 0 Å². The molecule has 3 aromatic rings. The number of fused-ring (bicyclic) bond motifs is 4. The normalized spacial score (nSPS) is 17.5. The van der Waals surface area contributed by atoms with E-state index in [4.69, 9.17) is 10.8 Å². The molecular weight excluding hydrogens is 495 g/mol. The van der Waals surface area contributed by atoms with Crippen LogP contribution in [0.15, 0.2) is 23.0 Å². The predicted octanol–water partition coefficient (Wildman–Crippen LogP) is 3.55. The van der Waals surface area contributed by atoms with Gasteiger partial charge in [0.2, 0.25) is 5.75 Å². The third kappa shape index (κ3) is 4.99. The van der Waals surface area contributed by atoms with E-state index >= 15 is 0 Å². The van der Waals surface area contributed by atoms with Crippen molar-refractivity contribution < 1.29 is 19.7 Å². The summed E-state index contributed by atoms with van der Waals surface area (Å²) in [5.74, 6) is -0.980. The molecule has 3 heterocycles. The molecule has 1 atom stereocenters. The van der Waals surface area contributed by atoms with E-state index in [2.05, 4.69) is 38.4 Å². The molecule has 2 aromatic heterocycles. The van der Waals surface area contributed by atoms with Crippen LogP contribution >= 0.6 is 24.8 Å². The van der Waals surface area contributed by atoms with Gasteiger partial charge in [-0.05, 0) is 62.4 Å². The second-order valence-electron chi connectivity index (χ2n) is 9.11. The molecule has 190 valence electrons. The number of rotatable bonds is 3. The SMILES string of the molecule is Cl.Cl.Cn1c(CN2CCCC(N)C2)cc2cc3c(cc21)CCCc1c-3[nH]c(=O)c(OC(=O)O)c1O. The maximum Gasteiger partial charge on any atom is 0.511 e. The highest BCUT2D eigenvalue weighted by molar-refractivity contribution is 5.89. The molecule has 1 unspecified atom stereocenters. The number of aromatic amines is 1. The van der Waals surface area contributed by atoms with Gasteiger partial charge in [0, 0.05) is 53.9 Å². The first-order chi connectivity index (χ1) is 15.8. The predicted molar refractivity (Wildman–Crippen MR) is 138 cm³/mol. The number of piperidine rings is 1. The molecule has 1 aliphatic heterocycles. The molecule has 0 amide bonds. The molecule has 0 saturated carbocycles. The Balaban J connectivity index is 0.00000171. The number of ether oxygens (including phenoxy) is 1. The molecule has 1 saturated heterocycles. The van der Waals surface area contributed by atoms with Crippen molar-refractivity contribution in [3.8, 4) is 22.8 Å². The van der Waals surface area contributed by atoms with Crippen molar-refractivity contribution in [3.63, 3.8) is 0 Å². The van der Waals surface area contributed by atoms with Crippen molar-refractivity contribution in [2.75, 3.05) is 13.1 Å². The first kappa shape index (κ1) is 26.9. The van der Waals surface area contributed by atoms with Gasteiger partial charge in [0.1, 0.15) is 0 Å². The number of likely N-dealkylation sites (tertiary alicyclic amines) is 1. The lowest BCUT2D eigenvalue weighted by Gasteiger charge is -2.30. The van der Waals surface area contributed by atoms with Crippen molar-refractivity contribution in [1.82, 2.24) is 14.5 Å². The molecule has 1 fully saturated rings. The molecule has 0 spiro atoms. The average Bonchev–Trinajstić information content (AvgIpc) is 2.94. The number of benzene rings is 1. The van der Waals surface area contributed by atoms with Crippen LogP contribution in [-0.2, 0) is 26.4 Å². The van der Waals surface area contributed by atoms with Crippen LogP contribution in [0.1, 0.15) is 36.1 Å². The molecule has 0 bridgehead atoms. The Labute approximate surface area is 214 Å². The zero-order chi connectivity index (χ0) is 23.3. The minimum Gasteiger partial charge on any atom is -0.504 e. The van der Waals surface area contributed by atoms with E-state index in [1.54, 1.807) is 0 Å². The molecule has 9 nitrogen and oxygen atoms in total. The van der Waals surface area contributed by atoms with E-state index in [9.17, 15) is 14.7 Å². The summed E-state index contributed by atoms with van der Waals surface area (Å²) >= 11 is 0. The number of aromatic hydroxyl groups is 1. The Hall–Kier alpha value is -2.72. The van der Waals surface area contributed by atoms with Gasteiger partial charge in [-0.15, -0.1) is 24.8 Å². The van der Waals surface area contributed by atoms with E-state index < -0.39 is 23.2 Å². The van der Waals surface area contributed by atoms with Crippen LogP contribution in [0.2, 0.25) is 0 Å². The van der Waals surface area contributed by atoms with Gasteiger partial charge in [0.15, 0.2) is 5.75 Å². The Morgan fingerprint density at radius 2 is 2.00 bits per heavy atom. The Bertz CT molecular complexity index is 1320. The number of nitrogens with zero attached hydrogens (tertiary/aromatic N) is 2.